The Morgan fingerprint density at radius 3 is 2.71 bits per heavy atom. The molecule has 0 radical (unpaired) electrons. The number of pyridine rings is 1. The molecule has 9 rings (SSSR count). The van der Waals surface area contributed by atoms with E-state index in [1.165, 1.54) is 0 Å². The SMILES string of the molecule is O=C(Cc1nn(C2[C@@H]3CC4C[C@H]2CC(O)(C4)C3)c2c3c(ncc12)CC=C3)C(=O)N1C[C@@H]2C[C@H]1CO2. The molecule has 7 atom stereocenters. The molecule has 35 heavy (non-hydrogen) atoms. The lowest BCUT2D eigenvalue weighted by Crippen LogP contribution is -2.55. The number of Topliss-reactive ketones (excluding diaryl/α,β-unsaturated/α-hetero) is 1. The Kier molecular flexibility index (Phi) is 4.12. The highest BCUT2D eigenvalue weighted by Gasteiger charge is 2.56. The number of fused-ring (bicyclic) bond motifs is 5. The highest BCUT2D eigenvalue weighted by atomic mass is 16.5. The van der Waals surface area contributed by atoms with E-state index in [1.54, 1.807) is 4.90 Å². The van der Waals surface area contributed by atoms with Gasteiger partial charge in [-0.3, -0.25) is 19.3 Å². The maximum atomic E-state index is 13.2. The standard InChI is InChI=1S/C27H30N4O4/c32-23(26(33)30-12-18-6-17(30)13-35-18)7-22-20-11-28-21-3-1-2-19(21)25(20)31(29-22)24-15-4-14-5-16(24)10-27(34,8-14)9-15/h1-2,11,14-18,24,34H,3-10,12-13H2/t14?,15-,16+,17-,18-,24?,27?/m0/s1. The van der Waals surface area contributed by atoms with Gasteiger partial charge in [-0.1, -0.05) is 12.2 Å². The fourth-order valence-electron chi connectivity index (χ4n) is 8.61. The number of ether oxygens (including phenoxy) is 1. The molecule has 182 valence electrons. The van der Waals surface area contributed by atoms with E-state index in [0.29, 0.717) is 36.6 Å². The third-order valence-corrected chi connectivity index (χ3v) is 9.74. The summed E-state index contributed by atoms with van der Waals surface area (Å²) in [5, 5.41) is 17.1. The number of morpholine rings is 1. The highest BCUT2D eigenvalue weighted by molar-refractivity contribution is 6.36. The van der Waals surface area contributed by atoms with Crippen molar-refractivity contribution in [1.82, 2.24) is 19.7 Å². The second-order valence-electron chi connectivity index (χ2n) is 12.0. The van der Waals surface area contributed by atoms with Crippen molar-refractivity contribution in [2.75, 3.05) is 13.2 Å². The number of carbonyl (C=O) groups excluding carboxylic acids is 2. The summed E-state index contributed by atoms with van der Waals surface area (Å²) in [4.78, 5) is 32.6. The molecule has 8 heteroatoms. The predicted molar refractivity (Wildman–Crippen MR) is 126 cm³/mol. The van der Waals surface area contributed by atoms with Crippen LogP contribution >= 0.6 is 0 Å². The Morgan fingerprint density at radius 2 is 2.00 bits per heavy atom. The van der Waals surface area contributed by atoms with Gasteiger partial charge in [-0.2, -0.15) is 5.10 Å². The largest absolute Gasteiger partial charge is 0.390 e. The summed E-state index contributed by atoms with van der Waals surface area (Å²) in [7, 11) is 0. The van der Waals surface area contributed by atoms with Crippen molar-refractivity contribution in [3.05, 3.63) is 29.2 Å². The molecule has 1 amide bonds. The van der Waals surface area contributed by atoms with Gasteiger partial charge in [-0.15, -0.1) is 0 Å². The lowest BCUT2D eigenvalue weighted by Gasteiger charge is -2.58. The average molecular weight is 475 g/mol. The minimum atomic E-state index is -0.511. The van der Waals surface area contributed by atoms with Crippen LogP contribution < -0.4 is 0 Å². The number of hydrogen-bond acceptors (Lipinski definition) is 6. The fourth-order valence-corrected chi connectivity index (χ4v) is 8.61. The van der Waals surface area contributed by atoms with E-state index >= 15 is 0 Å². The zero-order valence-corrected chi connectivity index (χ0v) is 19.7. The number of amides is 1. The Bertz CT molecular complexity index is 1300. The van der Waals surface area contributed by atoms with Crippen LogP contribution in [-0.4, -0.2) is 67.4 Å². The number of hydrogen-bond donors (Lipinski definition) is 1. The van der Waals surface area contributed by atoms with Crippen LogP contribution in [0.25, 0.3) is 17.0 Å². The minimum absolute atomic E-state index is 0.00409. The van der Waals surface area contributed by atoms with Crippen molar-refractivity contribution in [1.29, 1.82) is 0 Å². The van der Waals surface area contributed by atoms with E-state index in [1.807, 2.05) is 6.20 Å². The molecular formula is C27H30N4O4. The first-order valence-corrected chi connectivity index (χ1v) is 13.2. The number of aromatic nitrogens is 3. The van der Waals surface area contributed by atoms with Gasteiger partial charge >= 0.3 is 0 Å². The molecule has 2 aromatic rings. The van der Waals surface area contributed by atoms with E-state index < -0.39 is 17.3 Å². The van der Waals surface area contributed by atoms with Gasteiger partial charge in [0, 0.05) is 30.1 Å². The Morgan fingerprint density at radius 1 is 1.17 bits per heavy atom. The van der Waals surface area contributed by atoms with Crippen LogP contribution in [-0.2, 0) is 27.2 Å². The highest BCUT2D eigenvalue weighted by Crippen LogP contribution is 2.60. The second kappa shape index (κ2) is 7.01. The summed E-state index contributed by atoms with van der Waals surface area (Å²) in [5.74, 6) is 0.595. The van der Waals surface area contributed by atoms with E-state index in [-0.39, 0.29) is 24.6 Å². The van der Waals surface area contributed by atoms with E-state index in [4.69, 9.17) is 14.8 Å². The third kappa shape index (κ3) is 2.93. The minimum Gasteiger partial charge on any atom is -0.390 e. The quantitative estimate of drug-likeness (QED) is 0.683. The molecule has 4 heterocycles. The molecule has 1 N–H and O–H groups in total. The van der Waals surface area contributed by atoms with Crippen molar-refractivity contribution in [3.8, 4) is 0 Å². The van der Waals surface area contributed by atoms with Crippen molar-refractivity contribution in [3.63, 3.8) is 0 Å². The normalized spacial score (nSPS) is 38.1. The van der Waals surface area contributed by atoms with Crippen LogP contribution in [0.3, 0.4) is 0 Å². The molecule has 0 aromatic carbocycles. The molecule has 2 aromatic heterocycles. The van der Waals surface area contributed by atoms with Gasteiger partial charge in [0.15, 0.2) is 0 Å². The zero-order valence-electron chi connectivity index (χ0n) is 19.7. The lowest BCUT2D eigenvalue weighted by atomic mass is 9.52. The summed E-state index contributed by atoms with van der Waals surface area (Å²) in [6.07, 6.45) is 12.7. The van der Waals surface area contributed by atoms with Crippen molar-refractivity contribution in [2.24, 2.45) is 17.8 Å². The summed E-state index contributed by atoms with van der Waals surface area (Å²) < 4.78 is 7.78. The predicted octanol–water partition coefficient (Wildman–Crippen LogP) is 2.22. The number of carbonyl (C=O) groups is 2. The first kappa shape index (κ1) is 20.6. The number of aliphatic hydroxyl groups is 1. The topological polar surface area (TPSA) is 97.6 Å². The van der Waals surface area contributed by atoms with Gasteiger partial charge in [0.2, 0.25) is 5.78 Å². The monoisotopic (exact) mass is 474 g/mol. The van der Waals surface area contributed by atoms with Crippen LogP contribution in [0, 0.1) is 17.8 Å². The Hall–Kier alpha value is -2.58. The van der Waals surface area contributed by atoms with E-state index in [9.17, 15) is 14.7 Å². The number of nitrogens with zero attached hydrogens (tertiary/aromatic N) is 4. The third-order valence-electron chi connectivity index (χ3n) is 9.74. The summed E-state index contributed by atoms with van der Waals surface area (Å²) in [6, 6.07) is 0.250. The van der Waals surface area contributed by atoms with Gasteiger partial charge in [0.1, 0.15) is 0 Å². The first-order valence-electron chi connectivity index (χ1n) is 13.2. The number of ketones is 1. The maximum absolute atomic E-state index is 13.2. The molecule has 2 saturated heterocycles. The molecule has 3 unspecified atom stereocenters. The molecule has 5 aliphatic carbocycles. The van der Waals surface area contributed by atoms with Crippen molar-refractivity contribution >= 4 is 28.7 Å². The molecule has 2 aliphatic heterocycles. The maximum Gasteiger partial charge on any atom is 0.290 e. The van der Waals surface area contributed by atoms with Crippen molar-refractivity contribution < 1.29 is 19.4 Å². The van der Waals surface area contributed by atoms with Gasteiger partial charge in [-0.05, 0) is 56.3 Å². The van der Waals surface area contributed by atoms with Crippen LogP contribution in [0.5, 0.6) is 0 Å². The Balaban J connectivity index is 1.18. The van der Waals surface area contributed by atoms with Crippen LogP contribution in [0.1, 0.15) is 61.5 Å². The number of rotatable bonds is 4. The van der Waals surface area contributed by atoms with E-state index in [0.717, 1.165) is 67.1 Å². The smallest absolute Gasteiger partial charge is 0.290 e. The first-order chi connectivity index (χ1) is 17.0. The number of allylic oxidation sites excluding steroid dienone is 1. The van der Waals surface area contributed by atoms with Gasteiger partial charge in [0.05, 0.1) is 53.7 Å². The fraction of sp³-hybridized carbons (Fsp3) is 0.630. The molecule has 6 bridgehead atoms. The average Bonchev–Trinajstić information content (AvgIpc) is 3.60. The van der Waals surface area contributed by atoms with Crippen molar-refractivity contribution in [2.45, 2.75) is 75.2 Å². The molecule has 4 saturated carbocycles. The van der Waals surface area contributed by atoms with Gasteiger partial charge < -0.3 is 14.7 Å². The Labute approximate surface area is 203 Å². The number of likely N-dealkylation sites (tertiary alicyclic amines) is 1. The second-order valence-corrected chi connectivity index (χ2v) is 12.0. The molecule has 6 fully saturated rings. The van der Waals surface area contributed by atoms with Gasteiger partial charge in [0.25, 0.3) is 5.91 Å². The summed E-state index contributed by atoms with van der Waals surface area (Å²) in [5.41, 5.74) is 3.34. The molecule has 0 spiro atoms. The molecular weight excluding hydrogens is 444 g/mol. The molecule has 8 nitrogen and oxygen atoms in total. The van der Waals surface area contributed by atoms with Crippen LogP contribution in [0.15, 0.2) is 12.3 Å². The molecule has 7 aliphatic rings. The van der Waals surface area contributed by atoms with E-state index in [2.05, 4.69) is 16.8 Å². The van der Waals surface area contributed by atoms with Crippen LogP contribution in [0.4, 0.5) is 0 Å². The van der Waals surface area contributed by atoms with Crippen LogP contribution in [0.2, 0.25) is 0 Å². The zero-order chi connectivity index (χ0) is 23.5. The summed E-state index contributed by atoms with van der Waals surface area (Å²) >= 11 is 0. The van der Waals surface area contributed by atoms with Gasteiger partial charge in [-0.25, -0.2) is 0 Å². The lowest BCUT2D eigenvalue weighted by molar-refractivity contribution is -0.148. The summed E-state index contributed by atoms with van der Waals surface area (Å²) in [6.45, 7) is 1.04.